The Labute approximate surface area is 157 Å². The molecule has 1 heterocycles. The van der Waals surface area contributed by atoms with Crippen molar-refractivity contribution in [3.63, 3.8) is 0 Å². The maximum Gasteiger partial charge on any atom is 0.357 e. The third-order valence-corrected chi connectivity index (χ3v) is 3.41. The van der Waals surface area contributed by atoms with Crippen LogP contribution in [0.4, 0.5) is 5.69 Å². The summed E-state index contributed by atoms with van der Waals surface area (Å²) in [7, 11) is 1.42. The number of nitro groups is 1. The first-order chi connectivity index (χ1) is 13.3. The molecule has 0 unspecified atom stereocenters. The quantitative estimate of drug-likeness (QED) is 0.385. The van der Waals surface area contributed by atoms with Crippen LogP contribution < -0.4 is 20.7 Å². The summed E-state index contributed by atoms with van der Waals surface area (Å²) in [5.74, 6) is 0.0470. The van der Waals surface area contributed by atoms with Gasteiger partial charge in [0.25, 0.3) is 0 Å². The molecule has 11 nitrogen and oxygen atoms in total. The summed E-state index contributed by atoms with van der Waals surface area (Å²) in [6.45, 7) is 1.56. The Kier molecular flexibility index (Phi) is 6.68. The first-order valence-corrected chi connectivity index (χ1v) is 8.01. The molecule has 0 bridgehead atoms. The predicted octanol–water partition coefficient (Wildman–Crippen LogP) is 1.09. The van der Waals surface area contributed by atoms with Gasteiger partial charge in [-0.25, -0.2) is 9.59 Å². The van der Waals surface area contributed by atoms with E-state index in [1.165, 1.54) is 25.3 Å². The van der Waals surface area contributed by atoms with Gasteiger partial charge in [-0.05, 0) is 30.7 Å². The molecule has 2 rings (SSSR count). The van der Waals surface area contributed by atoms with Gasteiger partial charge >= 0.3 is 22.9 Å². The minimum absolute atomic E-state index is 0.218. The highest BCUT2D eigenvalue weighted by atomic mass is 16.6. The van der Waals surface area contributed by atoms with E-state index in [2.05, 4.69) is 4.98 Å². The van der Waals surface area contributed by atoms with Gasteiger partial charge in [0, 0.05) is 0 Å². The summed E-state index contributed by atoms with van der Waals surface area (Å²) >= 11 is 0. The maximum atomic E-state index is 11.6. The van der Waals surface area contributed by atoms with E-state index in [1.54, 1.807) is 24.0 Å². The molecule has 2 aromatic rings. The Balaban J connectivity index is 2.33. The highest BCUT2D eigenvalue weighted by Crippen LogP contribution is 2.29. The second kappa shape index (κ2) is 9.16. The van der Waals surface area contributed by atoms with Crippen LogP contribution in [0.5, 0.6) is 11.5 Å². The second-order valence-corrected chi connectivity index (χ2v) is 5.26. The fourth-order valence-electron chi connectivity index (χ4n) is 2.23. The van der Waals surface area contributed by atoms with Crippen molar-refractivity contribution in [1.29, 1.82) is 0 Å². The van der Waals surface area contributed by atoms with Crippen LogP contribution >= 0.6 is 0 Å². The van der Waals surface area contributed by atoms with Crippen molar-refractivity contribution < 1.29 is 23.9 Å². The zero-order chi connectivity index (χ0) is 20.7. The summed E-state index contributed by atoms with van der Waals surface area (Å²) in [5.41, 5.74) is -2.52. The van der Waals surface area contributed by atoms with Crippen LogP contribution in [0.1, 0.15) is 18.2 Å². The minimum Gasteiger partial charge on any atom is -0.493 e. The first-order valence-electron chi connectivity index (χ1n) is 8.01. The van der Waals surface area contributed by atoms with Gasteiger partial charge in [-0.3, -0.25) is 19.9 Å². The number of ether oxygens (including phenoxy) is 3. The van der Waals surface area contributed by atoms with Crippen LogP contribution in [-0.4, -0.2) is 41.2 Å². The molecular weight excluding hydrogens is 374 g/mol. The summed E-state index contributed by atoms with van der Waals surface area (Å²) in [6, 6.07) is 4.70. The Morgan fingerprint density at radius 1 is 1.21 bits per heavy atom. The number of hydrogen-bond donors (Lipinski definition) is 2. The van der Waals surface area contributed by atoms with E-state index in [-0.39, 0.29) is 24.7 Å². The van der Waals surface area contributed by atoms with Gasteiger partial charge in [-0.2, -0.15) is 0 Å². The molecular formula is C17H17N3O8. The number of carbonyl (C=O) groups is 1. The highest BCUT2D eigenvalue weighted by Gasteiger charge is 2.18. The Morgan fingerprint density at radius 3 is 2.61 bits per heavy atom. The van der Waals surface area contributed by atoms with E-state index in [0.717, 1.165) is 0 Å². The lowest BCUT2D eigenvalue weighted by molar-refractivity contribution is -0.386. The molecule has 0 aliphatic heterocycles. The normalized spacial score (nSPS) is 10.6. The van der Waals surface area contributed by atoms with Crippen LogP contribution in [0.15, 0.2) is 27.8 Å². The molecule has 1 aromatic heterocycles. The molecule has 148 valence electrons. The van der Waals surface area contributed by atoms with Crippen molar-refractivity contribution in [1.82, 2.24) is 9.97 Å². The van der Waals surface area contributed by atoms with Crippen molar-refractivity contribution in [2.75, 3.05) is 20.3 Å². The van der Waals surface area contributed by atoms with Gasteiger partial charge in [0.05, 0.1) is 18.6 Å². The third kappa shape index (κ3) is 5.06. The number of aromatic amines is 2. The lowest BCUT2D eigenvalue weighted by Gasteiger charge is -2.11. The number of rotatable bonds is 8. The smallest absolute Gasteiger partial charge is 0.357 e. The number of H-pyrrole nitrogens is 2. The summed E-state index contributed by atoms with van der Waals surface area (Å²) < 4.78 is 15.3. The molecule has 0 amide bonds. The van der Waals surface area contributed by atoms with Crippen molar-refractivity contribution in [3.8, 4) is 11.5 Å². The summed E-state index contributed by atoms with van der Waals surface area (Å²) in [5, 5.41) is 11.1. The molecule has 0 aliphatic rings. The second-order valence-electron chi connectivity index (χ2n) is 5.26. The van der Waals surface area contributed by atoms with E-state index < -0.39 is 27.8 Å². The fourth-order valence-corrected chi connectivity index (χ4v) is 2.23. The molecule has 2 N–H and O–H groups in total. The van der Waals surface area contributed by atoms with Crippen molar-refractivity contribution in [2.24, 2.45) is 0 Å². The molecule has 0 saturated heterocycles. The number of methoxy groups -OCH3 is 1. The number of nitrogens with one attached hydrogen (secondary N) is 2. The first kappa shape index (κ1) is 20.4. The Bertz CT molecular complexity index is 1020. The predicted molar refractivity (Wildman–Crippen MR) is 98.4 cm³/mol. The van der Waals surface area contributed by atoms with Gasteiger partial charge in [-0.1, -0.05) is 12.1 Å². The third-order valence-electron chi connectivity index (χ3n) is 3.41. The molecule has 1 aromatic carbocycles. The fraction of sp³-hybridized carbons (Fsp3) is 0.235. The van der Waals surface area contributed by atoms with Crippen LogP contribution in [-0.2, 0) is 9.53 Å². The van der Waals surface area contributed by atoms with Gasteiger partial charge in [0.1, 0.15) is 5.69 Å². The summed E-state index contributed by atoms with van der Waals surface area (Å²) in [4.78, 5) is 48.6. The van der Waals surface area contributed by atoms with E-state index in [9.17, 15) is 24.5 Å². The molecule has 28 heavy (non-hydrogen) atoms. The molecule has 0 spiro atoms. The molecule has 0 atom stereocenters. The van der Waals surface area contributed by atoms with Crippen molar-refractivity contribution >= 4 is 23.8 Å². The largest absolute Gasteiger partial charge is 0.493 e. The van der Waals surface area contributed by atoms with Crippen molar-refractivity contribution in [2.45, 2.75) is 6.92 Å². The maximum absolute atomic E-state index is 11.6. The van der Waals surface area contributed by atoms with Gasteiger partial charge in [0.2, 0.25) is 0 Å². The highest BCUT2D eigenvalue weighted by molar-refractivity contribution is 5.73. The number of esters is 1. The Morgan fingerprint density at radius 2 is 1.96 bits per heavy atom. The zero-order valence-corrected chi connectivity index (χ0v) is 15.0. The van der Waals surface area contributed by atoms with Gasteiger partial charge < -0.3 is 19.2 Å². The van der Waals surface area contributed by atoms with Crippen LogP contribution in [0.25, 0.3) is 12.2 Å². The molecule has 11 heteroatoms. The lowest BCUT2D eigenvalue weighted by Crippen LogP contribution is -2.25. The van der Waals surface area contributed by atoms with Crippen LogP contribution in [0.3, 0.4) is 0 Å². The zero-order valence-electron chi connectivity index (χ0n) is 15.0. The average Bonchev–Trinajstić information content (AvgIpc) is 2.64. The number of carbonyl (C=O) groups excluding carboxylic acids is 1. The van der Waals surface area contributed by atoms with E-state index in [0.29, 0.717) is 11.3 Å². The number of benzene rings is 1. The molecule has 0 radical (unpaired) electrons. The molecule has 0 fully saturated rings. The van der Waals surface area contributed by atoms with E-state index in [1.807, 2.05) is 0 Å². The van der Waals surface area contributed by atoms with E-state index >= 15 is 0 Å². The topological polar surface area (TPSA) is 154 Å². The lowest BCUT2D eigenvalue weighted by atomic mass is 10.1. The average molecular weight is 391 g/mol. The monoisotopic (exact) mass is 391 g/mol. The standard InChI is InChI=1S/C17H17N3O8/c1-3-27-14(21)9-28-13-8-10(5-7-12(13)26-2)4-6-11-15(20(24)25)16(22)19-17(23)18-11/h4-8H,3,9H2,1-2H3,(H2,18,19,22,23)/b6-4+. The summed E-state index contributed by atoms with van der Waals surface area (Å²) in [6.07, 6.45) is 2.64. The van der Waals surface area contributed by atoms with Crippen LogP contribution in [0, 0.1) is 10.1 Å². The number of nitrogens with zero attached hydrogens (tertiary/aromatic N) is 1. The molecule has 0 aliphatic carbocycles. The van der Waals surface area contributed by atoms with E-state index in [4.69, 9.17) is 14.2 Å². The van der Waals surface area contributed by atoms with Crippen LogP contribution in [0.2, 0.25) is 0 Å². The molecule has 0 saturated carbocycles. The SMILES string of the molecule is CCOC(=O)COc1cc(/C=C/c2[nH]c(=O)[nH]c(=O)c2[N+](=O)[O-])ccc1OC. The van der Waals surface area contributed by atoms with Gasteiger partial charge in [-0.15, -0.1) is 0 Å². The Hall–Kier alpha value is -3.89. The minimum atomic E-state index is -1.11. The van der Waals surface area contributed by atoms with Crippen molar-refractivity contribution in [3.05, 3.63) is 60.4 Å². The number of hydrogen-bond acceptors (Lipinski definition) is 8. The van der Waals surface area contributed by atoms with Gasteiger partial charge in [0.15, 0.2) is 18.1 Å². The number of aromatic nitrogens is 2.